The van der Waals surface area contributed by atoms with Gasteiger partial charge in [0.15, 0.2) is 6.61 Å². The molecule has 0 aliphatic heterocycles. The number of rotatable bonds is 7. The number of H-pyrrole nitrogens is 1. The quantitative estimate of drug-likeness (QED) is 0.285. The molecule has 3 aromatic rings. The van der Waals surface area contributed by atoms with Crippen molar-refractivity contribution < 1.29 is 19.1 Å². The van der Waals surface area contributed by atoms with Crippen LogP contribution >= 0.6 is 0 Å². The molecular weight excluding hydrogens is 368 g/mol. The lowest BCUT2D eigenvalue weighted by molar-refractivity contribution is -0.137. The lowest BCUT2D eigenvalue weighted by Gasteiger charge is -2.04. The number of carbonyl (C=O) groups is 2. The summed E-state index contributed by atoms with van der Waals surface area (Å²) in [5.74, 6) is -0.510. The Morgan fingerprint density at radius 3 is 2.59 bits per heavy atom. The number of hydrogen-bond donors (Lipinski definition) is 1. The highest BCUT2D eigenvalue weighted by atomic mass is 16.5. The molecule has 0 amide bonds. The summed E-state index contributed by atoms with van der Waals surface area (Å²) in [6.45, 7) is 1.60. The monoisotopic (exact) mass is 388 g/mol. The zero-order chi connectivity index (χ0) is 20.8. The summed E-state index contributed by atoms with van der Waals surface area (Å²) < 4.78 is 10.2. The molecule has 1 aromatic heterocycles. The van der Waals surface area contributed by atoms with Crippen LogP contribution in [-0.2, 0) is 16.0 Å². The fourth-order valence-electron chi connectivity index (χ4n) is 3.03. The zero-order valence-electron chi connectivity index (χ0n) is 16.2. The van der Waals surface area contributed by atoms with E-state index in [1.165, 1.54) is 6.08 Å². The first-order valence-electron chi connectivity index (χ1n) is 9.12. The highest BCUT2D eigenvalue weighted by molar-refractivity contribution is 6.10. The number of aromatic nitrogens is 1. The molecule has 0 spiro atoms. The lowest BCUT2D eigenvalue weighted by Crippen LogP contribution is -2.15. The normalized spacial score (nSPS) is 11.1. The smallest absolute Gasteiger partial charge is 0.349 e. The van der Waals surface area contributed by atoms with Gasteiger partial charge in [-0.15, -0.1) is 0 Å². The molecule has 146 valence electrons. The van der Waals surface area contributed by atoms with Crippen molar-refractivity contribution in [2.45, 2.75) is 13.3 Å². The molecule has 6 nitrogen and oxygen atoms in total. The number of fused-ring (bicyclic) bond motifs is 1. The molecule has 1 N–H and O–H groups in total. The molecular formula is C23H20N2O4. The van der Waals surface area contributed by atoms with E-state index >= 15 is 0 Å². The van der Waals surface area contributed by atoms with Crippen molar-refractivity contribution in [2.75, 3.05) is 13.7 Å². The molecule has 6 heteroatoms. The summed E-state index contributed by atoms with van der Waals surface area (Å²) in [4.78, 5) is 27.9. The van der Waals surface area contributed by atoms with Gasteiger partial charge in [-0.2, -0.15) is 5.26 Å². The molecule has 0 unspecified atom stereocenters. The fourth-order valence-corrected chi connectivity index (χ4v) is 3.03. The molecule has 3 rings (SSSR count). The van der Waals surface area contributed by atoms with Crippen molar-refractivity contribution in [1.29, 1.82) is 5.26 Å². The minimum absolute atomic E-state index is 0.185. The molecule has 0 aliphatic carbocycles. The molecule has 0 saturated heterocycles. The van der Waals surface area contributed by atoms with Gasteiger partial charge in [0, 0.05) is 22.7 Å². The van der Waals surface area contributed by atoms with Gasteiger partial charge in [0.25, 0.3) is 0 Å². The summed E-state index contributed by atoms with van der Waals surface area (Å²) >= 11 is 0. The third-order valence-corrected chi connectivity index (χ3v) is 4.58. The Hall–Kier alpha value is -3.85. The number of aryl methyl sites for hydroxylation is 1. The average molecular weight is 388 g/mol. The van der Waals surface area contributed by atoms with Crippen LogP contribution in [0.15, 0.2) is 54.2 Å². The Morgan fingerprint density at radius 2 is 1.93 bits per heavy atom. The van der Waals surface area contributed by atoms with E-state index in [-0.39, 0.29) is 11.4 Å². The van der Waals surface area contributed by atoms with Gasteiger partial charge in [0.2, 0.25) is 5.78 Å². The number of carbonyl (C=O) groups excluding carboxylic acids is 2. The van der Waals surface area contributed by atoms with E-state index < -0.39 is 12.6 Å². The molecule has 1 heterocycles. The number of para-hydroxylation sites is 1. The van der Waals surface area contributed by atoms with Crippen molar-refractivity contribution >= 4 is 28.7 Å². The second kappa shape index (κ2) is 8.89. The van der Waals surface area contributed by atoms with Gasteiger partial charge in [-0.05, 0) is 35.8 Å². The van der Waals surface area contributed by atoms with Crippen LogP contribution in [-0.4, -0.2) is 30.5 Å². The summed E-state index contributed by atoms with van der Waals surface area (Å²) in [6.07, 6.45) is 3.87. The molecule has 0 fully saturated rings. The number of ether oxygens (including phenoxy) is 2. The molecule has 0 atom stereocenters. The van der Waals surface area contributed by atoms with E-state index in [0.29, 0.717) is 16.9 Å². The van der Waals surface area contributed by atoms with E-state index in [1.54, 1.807) is 37.6 Å². The maximum absolute atomic E-state index is 12.6. The molecule has 0 radical (unpaired) electrons. The predicted molar refractivity (Wildman–Crippen MR) is 110 cm³/mol. The number of ketones is 1. The highest BCUT2D eigenvalue weighted by Gasteiger charge is 2.17. The standard InChI is InChI=1S/C23H20N2O4/c1-3-16-5-4-6-19-20(13-25-22(16)19)21(26)14-29-23(27)17(12-24)11-15-7-9-18(28-2)10-8-15/h4-11,13,25H,3,14H2,1-2H3/b17-11+. The maximum atomic E-state index is 12.6. The van der Waals surface area contributed by atoms with Gasteiger partial charge in [0.1, 0.15) is 17.4 Å². The van der Waals surface area contributed by atoms with Crippen LogP contribution in [0.2, 0.25) is 0 Å². The van der Waals surface area contributed by atoms with Gasteiger partial charge in [-0.1, -0.05) is 37.3 Å². The summed E-state index contributed by atoms with van der Waals surface area (Å²) in [6, 6.07) is 14.4. The number of nitrogens with one attached hydrogen (secondary N) is 1. The largest absolute Gasteiger partial charge is 0.497 e. The van der Waals surface area contributed by atoms with Crippen molar-refractivity contribution in [3.05, 3.63) is 70.9 Å². The molecule has 29 heavy (non-hydrogen) atoms. The first kappa shape index (κ1) is 19.9. The van der Waals surface area contributed by atoms with Crippen LogP contribution in [0.4, 0.5) is 0 Å². The first-order chi connectivity index (χ1) is 14.1. The number of hydrogen-bond acceptors (Lipinski definition) is 5. The van der Waals surface area contributed by atoms with Gasteiger partial charge in [-0.3, -0.25) is 4.79 Å². The summed E-state index contributed by atoms with van der Waals surface area (Å²) in [7, 11) is 1.55. The second-order valence-electron chi connectivity index (χ2n) is 6.34. The van der Waals surface area contributed by atoms with Crippen molar-refractivity contribution in [1.82, 2.24) is 4.98 Å². The van der Waals surface area contributed by atoms with Crippen LogP contribution < -0.4 is 4.74 Å². The fraction of sp³-hybridized carbons (Fsp3) is 0.174. The van der Waals surface area contributed by atoms with E-state index in [2.05, 4.69) is 4.98 Å². The second-order valence-corrected chi connectivity index (χ2v) is 6.34. The van der Waals surface area contributed by atoms with E-state index in [0.717, 1.165) is 22.9 Å². The number of esters is 1. The van der Waals surface area contributed by atoms with Gasteiger partial charge >= 0.3 is 5.97 Å². The van der Waals surface area contributed by atoms with Gasteiger partial charge in [0.05, 0.1) is 7.11 Å². The van der Waals surface area contributed by atoms with Crippen LogP contribution in [0.25, 0.3) is 17.0 Å². The maximum Gasteiger partial charge on any atom is 0.349 e. The lowest BCUT2D eigenvalue weighted by atomic mass is 10.1. The Bertz CT molecular complexity index is 1120. The SMILES string of the molecule is CCc1cccc2c(C(=O)COC(=O)/C(C#N)=C/c3ccc(OC)cc3)c[nH]c12. The number of nitriles is 1. The van der Waals surface area contributed by atoms with E-state index in [1.807, 2.05) is 31.2 Å². The predicted octanol–water partition coefficient (Wildman–Crippen LogP) is 4.07. The Labute approximate surface area is 168 Å². The topological polar surface area (TPSA) is 92.2 Å². The van der Waals surface area contributed by atoms with Crippen molar-refractivity contribution in [2.24, 2.45) is 0 Å². The first-order valence-corrected chi connectivity index (χ1v) is 9.12. The molecule has 0 aliphatic rings. The van der Waals surface area contributed by atoms with E-state index in [9.17, 15) is 14.9 Å². The molecule has 0 saturated carbocycles. The third kappa shape index (κ3) is 4.36. The minimum atomic E-state index is -0.842. The molecule has 2 aromatic carbocycles. The van der Waals surface area contributed by atoms with Crippen molar-refractivity contribution in [3.63, 3.8) is 0 Å². The van der Waals surface area contributed by atoms with Gasteiger partial charge < -0.3 is 14.5 Å². The van der Waals surface area contributed by atoms with Crippen LogP contribution in [0, 0.1) is 11.3 Å². The van der Waals surface area contributed by atoms with Gasteiger partial charge in [-0.25, -0.2) is 4.79 Å². The number of nitrogens with zero attached hydrogens (tertiary/aromatic N) is 1. The summed E-state index contributed by atoms with van der Waals surface area (Å²) in [5.41, 5.74) is 2.93. The zero-order valence-corrected chi connectivity index (χ0v) is 16.2. The number of Topliss-reactive ketones (excluding diaryl/α,β-unsaturated/α-hetero) is 1. The van der Waals surface area contributed by atoms with Crippen molar-refractivity contribution in [3.8, 4) is 11.8 Å². The Balaban J connectivity index is 1.71. The minimum Gasteiger partial charge on any atom is -0.497 e. The molecule has 0 bridgehead atoms. The summed E-state index contributed by atoms with van der Waals surface area (Å²) in [5, 5.41) is 10.1. The third-order valence-electron chi connectivity index (χ3n) is 4.58. The van der Waals surface area contributed by atoms with Crippen LogP contribution in [0.1, 0.15) is 28.4 Å². The number of aromatic amines is 1. The average Bonchev–Trinajstić information content (AvgIpc) is 3.20. The van der Waals surface area contributed by atoms with E-state index in [4.69, 9.17) is 9.47 Å². The Kier molecular flexibility index (Phi) is 6.10. The van der Waals surface area contributed by atoms with Crippen LogP contribution in [0.3, 0.4) is 0 Å². The van der Waals surface area contributed by atoms with Crippen LogP contribution in [0.5, 0.6) is 5.75 Å². The Morgan fingerprint density at radius 1 is 1.17 bits per heavy atom. The number of methoxy groups -OCH3 is 1. The highest BCUT2D eigenvalue weighted by Crippen LogP contribution is 2.23. The number of benzene rings is 2.